The smallest absolute Gasteiger partial charge is 0.122 e. The van der Waals surface area contributed by atoms with Crippen molar-refractivity contribution in [3.63, 3.8) is 0 Å². The highest BCUT2D eigenvalue weighted by Crippen LogP contribution is 2.40. The number of nitrogens with two attached hydrogens (primary N) is 1. The molecule has 2 atom stereocenters. The van der Waals surface area contributed by atoms with Crippen LogP contribution < -0.4 is 10.5 Å². The first-order chi connectivity index (χ1) is 9.66. The molecule has 0 bridgehead atoms. The molecule has 1 heterocycles. The van der Waals surface area contributed by atoms with Crippen LogP contribution in [0.5, 0.6) is 5.75 Å². The van der Waals surface area contributed by atoms with Crippen LogP contribution in [0.3, 0.4) is 0 Å². The van der Waals surface area contributed by atoms with Crippen LogP contribution in [-0.4, -0.2) is 6.61 Å². The Morgan fingerprint density at radius 3 is 2.85 bits per heavy atom. The molecule has 0 aliphatic carbocycles. The van der Waals surface area contributed by atoms with E-state index in [0.717, 1.165) is 34.9 Å². The molecule has 20 heavy (non-hydrogen) atoms. The number of ether oxygens (including phenoxy) is 1. The molecule has 3 rings (SSSR count). The predicted octanol–water partition coefficient (Wildman–Crippen LogP) is 4.21. The van der Waals surface area contributed by atoms with Crippen molar-refractivity contribution in [3.05, 3.63) is 64.2 Å². The number of halogens is 1. The van der Waals surface area contributed by atoms with Crippen LogP contribution >= 0.6 is 11.6 Å². The SMILES string of the molecule is Cc1ccc(C(N)C2CCOc3ccccc32)cc1Cl. The summed E-state index contributed by atoms with van der Waals surface area (Å²) in [7, 11) is 0. The number of hydrogen-bond acceptors (Lipinski definition) is 2. The minimum absolute atomic E-state index is 0.0573. The van der Waals surface area contributed by atoms with Crippen molar-refractivity contribution in [2.45, 2.75) is 25.3 Å². The Bertz CT molecular complexity index is 626. The zero-order valence-corrected chi connectivity index (χ0v) is 12.2. The minimum Gasteiger partial charge on any atom is -0.493 e. The number of hydrogen-bond donors (Lipinski definition) is 1. The molecule has 0 radical (unpaired) electrons. The normalized spacial score (nSPS) is 19.1. The molecule has 1 aliphatic heterocycles. The van der Waals surface area contributed by atoms with E-state index in [9.17, 15) is 0 Å². The summed E-state index contributed by atoms with van der Waals surface area (Å²) >= 11 is 6.22. The van der Waals surface area contributed by atoms with Gasteiger partial charge in [-0.1, -0.05) is 41.9 Å². The van der Waals surface area contributed by atoms with E-state index in [4.69, 9.17) is 22.1 Å². The Kier molecular flexibility index (Phi) is 3.68. The maximum atomic E-state index is 6.49. The van der Waals surface area contributed by atoms with Gasteiger partial charge in [0.1, 0.15) is 5.75 Å². The topological polar surface area (TPSA) is 35.2 Å². The lowest BCUT2D eigenvalue weighted by Gasteiger charge is -2.30. The molecular formula is C17H18ClNO. The van der Waals surface area contributed by atoms with Gasteiger partial charge in [0.25, 0.3) is 0 Å². The van der Waals surface area contributed by atoms with Crippen LogP contribution in [0.4, 0.5) is 0 Å². The Balaban J connectivity index is 1.95. The van der Waals surface area contributed by atoms with E-state index in [0.29, 0.717) is 0 Å². The molecule has 2 unspecified atom stereocenters. The zero-order valence-electron chi connectivity index (χ0n) is 11.5. The number of rotatable bonds is 2. The molecule has 0 aromatic heterocycles. The minimum atomic E-state index is -0.0573. The molecular weight excluding hydrogens is 270 g/mol. The van der Waals surface area contributed by atoms with Gasteiger partial charge in [0, 0.05) is 17.0 Å². The van der Waals surface area contributed by atoms with E-state index < -0.39 is 0 Å². The first-order valence-corrected chi connectivity index (χ1v) is 7.28. The van der Waals surface area contributed by atoms with Gasteiger partial charge in [0.2, 0.25) is 0 Å². The molecule has 0 saturated carbocycles. The van der Waals surface area contributed by atoms with Crippen molar-refractivity contribution in [2.75, 3.05) is 6.61 Å². The molecule has 3 heteroatoms. The van der Waals surface area contributed by atoms with Crippen LogP contribution in [0.25, 0.3) is 0 Å². The molecule has 1 aliphatic rings. The van der Waals surface area contributed by atoms with E-state index in [-0.39, 0.29) is 12.0 Å². The van der Waals surface area contributed by atoms with Gasteiger partial charge in [-0.15, -0.1) is 0 Å². The standard InChI is InChI=1S/C17H18ClNO/c1-11-6-7-12(10-15(11)18)17(19)14-8-9-20-16-5-3-2-4-13(14)16/h2-7,10,14,17H,8-9,19H2,1H3. The van der Waals surface area contributed by atoms with Crippen molar-refractivity contribution in [1.29, 1.82) is 0 Å². The summed E-state index contributed by atoms with van der Waals surface area (Å²) in [6.07, 6.45) is 0.934. The monoisotopic (exact) mass is 287 g/mol. The molecule has 0 fully saturated rings. The summed E-state index contributed by atoms with van der Waals surface area (Å²) < 4.78 is 5.70. The third-order valence-electron chi connectivity index (χ3n) is 4.02. The van der Waals surface area contributed by atoms with Gasteiger partial charge < -0.3 is 10.5 Å². The molecule has 0 saturated heterocycles. The number of benzene rings is 2. The fourth-order valence-electron chi connectivity index (χ4n) is 2.79. The summed E-state index contributed by atoms with van der Waals surface area (Å²) in [5, 5.41) is 0.776. The highest BCUT2D eigenvalue weighted by molar-refractivity contribution is 6.31. The van der Waals surface area contributed by atoms with Crippen molar-refractivity contribution < 1.29 is 4.74 Å². The molecule has 2 N–H and O–H groups in total. The first-order valence-electron chi connectivity index (χ1n) is 6.90. The van der Waals surface area contributed by atoms with Crippen molar-refractivity contribution >= 4 is 11.6 Å². The van der Waals surface area contributed by atoms with E-state index in [1.165, 1.54) is 5.56 Å². The molecule has 2 aromatic rings. The van der Waals surface area contributed by atoms with Crippen molar-refractivity contribution in [2.24, 2.45) is 5.73 Å². The molecule has 104 valence electrons. The largest absolute Gasteiger partial charge is 0.493 e. The summed E-state index contributed by atoms with van der Waals surface area (Å²) in [4.78, 5) is 0. The Morgan fingerprint density at radius 2 is 2.05 bits per heavy atom. The number of aryl methyl sites for hydroxylation is 1. The number of para-hydroxylation sites is 1. The third-order valence-corrected chi connectivity index (χ3v) is 4.43. The second-order valence-electron chi connectivity index (χ2n) is 5.32. The summed E-state index contributed by atoms with van der Waals surface area (Å²) in [6.45, 7) is 2.72. The lowest BCUT2D eigenvalue weighted by molar-refractivity contribution is 0.255. The van der Waals surface area contributed by atoms with Gasteiger partial charge in [-0.3, -0.25) is 0 Å². The second-order valence-corrected chi connectivity index (χ2v) is 5.72. The lowest BCUT2D eigenvalue weighted by Crippen LogP contribution is -2.25. The van der Waals surface area contributed by atoms with Crippen LogP contribution in [-0.2, 0) is 0 Å². The fourth-order valence-corrected chi connectivity index (χ4v) is 2.98. The van der Waals surface area contributed by atoms with Gasteiger partial charge in [-0.05, 0) is 42.2 Å². The molecule has 0 amide bonds. The Hall–Kier alpha value is -1.51. The van der Waals surface area contributed by atoms with Gasteiger partial charge in [0.05, 0.1) is 6.61 Å². The van der Waals surface area contributed by atoms with Gasteiger partial charge >= 0.3 is 0 Å². The van der Waals surface area contributed by atoms with E-state index >= 15 is 0 Å². The van der Waals surface area contributed by atoms with Crippen LogP contribution in [0.15, 0.2) is 42.5 Å². The third kappa shape index (κ3) is 2.41. The van der Waals surface area contributed by atoms with Crippen LogP contribution in [0, 0.1) is 6.92 Å². The van der Waals surface area contributed by atoms with Gasteiger partial charge in [-0.2, -0.15) is 0 Å². The number of fused-ring (bicyclic) bond motifs is 1. The second kappa shape index (κ2) is 5.47. The van der Waals surface area contributed by atoms with Crippen molar-refractivity contribution in [1.82, 2.24) is 0 Å². The highest BCUT2D eigenvalue weighted by atomic mass is 35.5. The molecule has 2 nitrogen and oxygen atoms in total. The van der Waals surface area contributed by atoms with E-state index in [1.807, 2.05) is 37.3 Å². The summed E-state index contributed by atoms with van der Waals surface area (Å²) in [5.74, 6) is 1.23. The first kappa shape index (κ1) is 13.5. The average molecular weight is 288 g/mol. The van der Waals surface area contributed by atoms with Gasteiger partial charge in [-0.25, -0.2) is 0 Å². The van der Waals surface area contributed by atoms with Crippen molar-refractivity contribution in [3.8, 4) is 5.75 Å². The summed E-state index contributed by atoms with van der Waals surface area (Å²) in [5.41, 5.74) is 9.85. The quantitative estimate of drug-likeness (QED) is 0.898. The van der Waals surface area contributed by atoms with E-state index in [1.54, 1.807) is 0 Å². The lowest BCUT2D eigenvalue weighted by atomic mass is 9.83. The van der Waals surface area contributed by atoms with Crippen LogP contribution in [0.1, 0.15) is 35.1 Å². The molecule has 0 spiro atoms. The maximum Gasteiger partial charge on any atom is 0.122 e. The highest BCUT2D eigenvalue weighted by Gasteiger charge is 2.27. The predicted molar refractivity (Wildman–Crippen MR) is 82.4 cm³/mol. The average Bonchev–Trinajstić information content (AvgIpc) is 2.49. The van der Waals surface area contributed by atoms with Crippen LogP contribution in [0.2, 0.25) is 5.02 Å². The summed E-state index contributed by atoms with van der Waals surface area (Å²) in [6, 6.07) is 14.2. The Labute approximate surface area is 124 Å². The van der Waals surface area contributed by atoms with E-state index in [2.05, 4.69) is 12.1 Å². The fraction of sp³-hybridized carbons (Fsp3) is 0.294. The Morgan fingerprint density at radius 1 is 1.25 bits per heavy atom. The molecule has 2 aromatic carbocycles. The van der Waals surface area contributed by atoms with Gasteiger partial charge in [0.15, 0.2) is 0 Å². The zero-order chi connectivity index (χ0) is 14.1. The maximum absolute atomic E-state index is 6.49.